The molecule has 228 valence electrons. The molecule has 3 N–H and O–H groups in total. The highest BCUT2D eigenvalue weighted by Gasteiger charge is 2.48. The smallest absolute Gasteiger partial charge is 0.465 e. The Morgan fingerprint density at radius 1 is 0.886 bits per heavy atom. The van der Waals surface area contributed by atoms with Crippen LogP contribution in [0.15, 0.2) is 85.1 Å². The molecule has 0 saturated carbocycles. The molecule has 44 heavy (non-hydrogen) atoms. The van der Waals surface area contributed by atoms with Crippen molar-refractivity contribution in [2.75, 3.05) is 12.9 Å². The van der Waals surface area contributed by atoms with Crippen molar-refractivity contribution >= 4 is 52.0 Å². The predicted molar refractivity (Wildman–Crippen MR) is 168 cm³/mol. The molecule has 0 aliphatic carbocycles. The Morgan fingerprint density at radius 2 is 1.52 bits per heavy atom. The summed E-state index contributed by atoms with van der Waals surface area (Å²) in [6.07, 6.45) is 0.894. The van der Waals surface area contributed by atoms with Crippen molar-refractivity contribution in [2.45, 2.75) is 32.7 Å². The minimum atomic E-state index is -1.33. The van der Waals surface area contributed by atoms with Crippen molar-refractivity contribution in [3.8, 4) is 0 Å². The number of hydrogen-bond donors (Lipinski definition) is 3. The third-order valence-corrected chi connectivity index (χ3v) is 8.20. The van der Waals surface area contributed by atoms with Gasteiger partial charge in [-0.05, 0) is 55.7 Å². The zero-order valence-electron chi connectivity index (χ0n) is 24.6. The summed E-state index contributed by atoms with van der Waals surface area (Å²) in [6.45, 7) is 3.30. The monoisotopic (exact) mass is 616 g/mol. The van der Waals surface area contributed by atoms with Crippen molar-refractivity contribution in [3.63, 3.8) is 0 Å². The van der Waals surface area contributed by atoms with Gasteiger partial charge in [-0.15, -0.1) is 0 Å². The highest BCUT2D eigenvalue weighted by atomic mass is 32.2. The molecule has 3 aromatic rings. The van der Waals surface area contributed by atoms with E-state index in [1.54, 1.807) is 24.3 Å². The number of nitrogens with zero attached hydrogens (tertiary/aromatic N) is 1. The van der Waals surface area contributed by atoms with Crippen LogP contribution in [0.5, 0.6) is 0 Å². The van der Waals surface area contributed by atoms with Crippen molar-refractivity contribution < 1.29 is 33.8 Å². The van der Waals surface area contributed by atoms with E-state index in [9.17, 15) is 29.1 Å². The van der Waals surface area contributed by atoms with Crippen LogP contribution in [0.2, 0.25) is 0 Å². The van der Waals surface area contributed by atoms with Crippen LogP contribution in [0.1, 0.15) is 52.1 Å². The molecule has 0 spiro atoms. The summed E-state index contributed by atoms with van der Waals surface area (Å²) in [6, 6.07) is 21.7. The van der Waals surface area contributed by atoms with Gasteiger partial charge in [0.25, 0.3) is 5.91 Å². The number of esters is 1. The summed E-state index contributed by atoms with van der Waals surface area (Å²) in [5.74, 6) is -1.54. The first-order chi connectivity index (χ1) is 21.0. The Morgan fingerprint density at radius 3 is 2.16 bits per heavy atom. The first-order valence-corrected chi connectivity index (χ1v) is 14.9. The van der Waals surface area contributed by atoms with Gasteiger partial charge in [-0.25, -0.2) is 4.79 Å². The molecule has 11 heteroatoms. The lowest BCUT2D eigenvalue weighted by Gasteiger charge is -2.25. The molecule has 1 aliphatic heterocycles. The van der Waals surface area contributed by atoms with Gasteiger partial charge < -0.3 is 15.2 Å². The van der Waals surface area contributed by atoms with Crippen molar-refractivity contribution in [3.05, 3.63) is 107 Å². The second-order valence-electron chi connectivity index (χ2n) is 10.5. The lowest BCUT2D eigenvalue weighted by Crippen LogP contribution is -2.60. The SMILES string of the molecule is COC(=O)c1ccc(C(=O)N[N+]2(C(=O)O)C=C(C[C@@H](C)NC(=O)C(CSC(C)=O)Cc3ccccc3)c3ccccc32)cc1. The maximum Gasteiger partial charge on any atom is 0.549 e. The largest absolute Gasteiger partial charge is 0.549 e. The van der Waals surface area contributed by atoms with Gasteiger partial charge in [0.1, 0.15) is 6.20 Å². The molecule has 0 bridgehead atoms. The van der Waals surface area contributed by atoms with Crippen LogP contribution in [0.3, 0.4) is 0 Å². The summed E-state index contributed by atoms with van der Waals surface area (Å²) >= 11 is 1.11. The molecule has 0 aromatic heterocycles. The Kier molecular flexibility index (Phi) is 10.4. The highest BCUT2D eigenvalue weighted by molar-refractivity contribution is 8.13. The number of methoxy groups -OCH3 is 1. The van der Waals surface area contributed by atoms with Crippen LogP contribution in [0.25, 0.3) is 5.57 Å². The molecule has 3 atom stereocenters. The van der Waals surface area contributed by atoms with Gasteiger partial charge in [-0.3, -0.25) is 14.4 Å². The Bertz CT molecular complexity index is 1590. The zero-order valence-corrected chi connectivity index (χ0v) is 25.4. The molecule has 1 aliphatic rings. The average Bonchev–Trinajstić information content (AvgIpc) is 3.32. The number of thioether (sulfide) groups is 1. The van der Waals surface area contributed by atoms with Crippen molar-refractivity contribution in [1.82, 2.24) is 15.3 Å². The lowest BCUT2D eigenvalue weighted by molar-refractivity contribution is -0.124. The van der Waals surface area contributed by atoms with Crippen LogP contribution in [0, 0.1) is 5.92 Å². The van der Waals surface area contributed by atoms with Crippen LogP contribution < -0.4 is 15.3 Å². The van der Waals surface area contributed by atoms with Gasteiger partial charge in [0.15, 0.2) is 10.8 Å². The number of carbonyl (C=O) groups excluding carboxylic acids is 4. The summed E-state index contributed by atoms with van der Waals surface area (Å²) in [7, 11) is 1.25. The fourth-order valence-corrected chi connectivity index (χ4v) is 5.78. The number of rotatable bonds is 10. The van der Waals surface area contributed by atoms with E-state index < -0.39 is 34.5 Å². The van der Waals surface area contributed by atoms with Gasteiger partial charge in [-0.2, -0.15) is 10.2 Å². The number of para-hydroxylation sites is 1. The van der Waals surface area contributed by atoms with E-state index >= 15 is 0 Å². The van der Waals surface area contributed by atoms with Crippen molar-refractivity contribution in [1.29, 1.82) is 0 Å². The fourth-order valence-electron chi connectivity index (χ4n) is 5.07. The van der Waals surface area contributed by atoms with Gasteiger partial charge >= 0.3 is 12.1 Å². The van der Waals surface area contributed by atoms with Gasteiger partial charge in [0.05, 0.1) is 18.6 Å². The van der Waals surface area contributed by atoms with Gasteiger partial charge in [-0.1, -0.05) is 58.8 Å². The minimum Gasteiger partial charge on any atom is -0.465 e. The standard InChI is InChI=1S/C33H33N3O7S/c1-21(34-30(38)27(20-44-22(2)37)18-23-9-5-4-6-10-23)17-26-19-36(33(41)42,29-12-8-7-11-28(26)29)35-31(39)24-13-15-25(16-14-24)32(40)43-3/h4-16,19,21,27H,17-18,20H2,1-3H3,(H2-,34,35,38,39,41,42)/p+1/t21-,27?,36?/m1/s1. The molecule has 0 fully saturated rings. The molecule has 0 radical (unpaired) electrons. The number of ether oxygens (including phenoxy) is 1. The zero-order chi connectivity index (χ0) is 31.9. The summed E-state index contributed by atoms with van der Waals surface area (Å²) in [5, 5.41) is 13.4. The number of nitrogens with one attached hydrogen (secondary N) is 2. The topological polar surface area (TPSA) is 139 Å². The molecular weight excluding hydrogens is 582 g/mol. The van der Waals surface area contributed by atoms with Gasteiger partial charge in [0.2, 0.25) is 5.91 Å². The van der Waals surface area contributed by atoms with E-state index in [-0.39, 0.29) is 28.6 Å². The van der Waals surface area contributed by atoms with Crippen LogP contribution >= 0.6 is 11.8 Å². The lowest BCUT2D eigenvalue weighted by atomic mass is 9.98. The number of benzene rings is 3. The molecular formula is C33H34N3O7S+. The molecule has 4 rings (SSSR count). The van der Waals surface area contributed by atoms with Gasteiger partial charge in [0, 0.05) is 41.5 Å². The van der Waals surface area contributed by atoms with Crippen LogP contribution in [-0.2, 0) is 20.7 Å². The minimum absolute atomic E-state index is 0.0686. The average molecular weight is 617 g/mol. The maximum absolute atomic E-state index is 13.4. The molecule has 3 aromatic carbocycles. The highest BCUT2D eigenvalue weighted by Crippen LogP contribution is 2.41. The summed E-state index contributed by atoms with van der Waals surface area (Å²) < 4.78 is 3.71. The maximum atomic E-state index is 13.4. The molecule has 2 unspecified atom stereocenters. The number of quaternary nitrogens is 1. The third-order valence-electron chi connectivity index (χ3n) is 7.23. The van der Waals surface area contributed by atoms with Crippen molar-refractivity contribution in [2.24, 2.45) is 5.92 Å². The summed E-state index contributed by atoms with van der Waals surface area (Å²) in [4.78, 5) is 62.8. The first-order valence-electron chi connectivity index (χ1n) is 14.0. The number of carbonyl (C=O) groups is 5. The van der Waals surface area contributed by atoms with E-state index in [4.69, 9.17) is 4.74 Å². The Hall–Kier alpha value is -4.74. The normalized spacial score (nSPS) is 16.6. The Balaban J connectivity index is 1.55. The quantitative estimate of drug-likeness (QED) is 0.209. The first kappa shape index (κ1) is 32.2. The van der Waals surface area contributed by atoms with E-state index in [0.717, 1.165) is 17.3 Å². The fraction of sp³-hybridized carbons (Fsp3) is 0.242. The predicted octanol–water partition coefficient (Wildman–Crippen LogP) is 5.19. The van der Waals surface area contributed by atoms with E-state index in [1.807, 2.05) is 37.3 Å². The Labute approximate surface area is 259 Å². The molecule has 1 heterocycles. The van der Waals surface area contributed by atoms with E-state index in [1.165, 1.54) is 44.5 Å². The number of carboxylic acid groups (broad SMARTS) is 1. The number of hydrogen-bond acceptors (Lipinski definition) is 7. The molecule has 3 amide bonds. The number of fused-ring (bicyclic) bond motifs is 1. The van der Waals surface area contributed by atoms with E-state index in [0.29, 0.717) is 29.0 Å². The van der Waals surface area contributed by atoms with Crippen LogP contribution in [0.4, 0.5) is 10.5 Å². The molecule has 0 saturated heterocycles. The molecule has 10 nitrogen and oxygen atoms in total. The number of amides is 3. The summed E-state index contributed by atoms with van der Waals surface area (Å²) in [5.41, 5.74) is 5.62. The second kappa shape index (κ2) is 14.2. The van der Waals surface area contributed by atoms with E-state index in [2.05, 4.69) is 10.7 Å². The van der Waals surface area contributed by atoms with Crippen LogP contribution in [-0.4, -0.2) is 53.0 Å². The third kappa shape index (κ3) is 7.42. The second-order valence-corrected chi connectivity index (χ2v) is 11.7.